The van der Waals surface area contributed by atoms with Crippen LogP contribution in [0.15, 0.2) is 45.4 Å². The van der Waals surface area contributed by atoms with E-state index in [4.69, 9.17) is 4.42 Å². The average Bonchev–Trinajstić information content (AvgIpc) is 3.18. The standard InChI is InChI=1S/C17H15BrN4O4/c1-10-3-4-11(2)14(7-10)19-17(23)15-6-5-12(26-15)8-21-9-13(18)16(20-21)22(24)25/h3-7,9H,8H2,1-2H3,(H,19,23). The molecule has 3 aromatic rings. The first kappa shape index (κ1) is 17.9. The summed E-state index contributed by atoms with van der Waals surface area (Å²) in [5, 5.41) is 17.5. The number of halogens is 1. The number of nitrogens with zero attached hydrogens (tertiary/aromatic N) is 3. The highest BCUT2D eigenvalue weighted by atomic mass is 79.9. The molecule has 0 spiro atoms. The normalized spacial score (nSPS) is 10.7. The maximum atomic E-state index is 12.4. The minimum absolute atomic E-state index is 0.154. The van der Waals surface area contributed by atoms with E-state index in [9.17, 15) is 14.9 Å². The molecule has 0 aliphatic carbocycles. The van der Waals surface area contributed by atoms with Crippen LogP contribution in [-0.4, -0.2) is 20.6 Å². The number of amides is 1. The van der Waals surface area contributed by atoms with Gasteiger partial charge in [0.2, 0.25) is 0 Å². The van der Waals surface area contributed by atoms with Crippen LogP contribution < -0.4 is 5.32 Å². The van der Waals surface area contributed by atoms with Gasteiger partial charge in [-0.2, -0.15) is 4.68 Å². The van der Waals surface area contributed by atoms with Crippen LogP contribution in [-0.2, 0) is 6.54 Å². The predicted octanol–water partition coefficient (Wildman–Crippen LogP) is 4.06. The monoisotopic (exact) mass is 418 g/mol. The number of furan rings is 1. The fourth-order valence-electron chi connectivity index (χ4n) is 2.39. The summed E-state index contributed by atoms with van der Waals surface area (Å²) in [6.07, 6.45) is 1.48. The van der Waals surface area contributed by atoms with Gasteiger partial charge in [0.25, 0.3) is 5.91 Å². The highest BCUT2D eigenvalue weighted by molar-refractivity contribution is 9.10. The molecular weight excluding hydrogens is 404 g/mol. The van der Waals surface area contributed by atoms with Crippen molar-refractivity contribution in [2.45, 2.75) is 20.4 Å². The van der Waals surface area contributed by atoms with Crippen molar-refractivity contribution in [1.82, 2.24) is 9.78 Å². The van der Waals surface area contributed by atoms with Gasteiger partial charge < -0.3 is 19.8 Å². The Kier molecular flexibility index (Phi) is 4.90. The zero-order chi connectivity index (χ0) is 18.8. The first-order valence-corrected chi connectivity index (χ1v) is 8.47. The Balaban J connectivity index is 1.73. The number of carbonyl (C=O) groups excluding carboxylic acids is 1. The van der Waals surface area contributed by atoms with Crippen LogP contribution in [0.4, 0.5) is 11.5 Å². The molecule has 0 aliphatic rings. The zero-order valence-corrected chi connectivity index (χ0v) is 15.6. The number of benzene rings is 1. The fourth-order valence-corrected chi connectivity index (χ4v) is 2.85. The lowest BCUT2D eigenvalue weighted by molar-refractivity contribution is -0.390. The van der Waals surface area contributed by atoms with Gasteiger partial charge in [-0.25, -0.2) is 0 Å². The Labute approximate surface area is 157 Å². The van der Waals surface area contributed by atoms with Crippen LogP contribution in [0.1, 0.15) is 27.4 Å². The summed E-state index contributed by atoms with van der Waals surface area (Å²) in [4.78, 5) is 22.6. The van der Waals surface area contributed by atoms with E-state index >= 15 is 0 Å². The molecule has 0 unspecified atom stereocenters. The SMILES string of the molecule is Cc1ccc(C)c(NC(=O)c2ccc(Cn3cc(Br)c([N+](=O)[O-])n3)o2)c1. The molecule has 0 radical (unpaired) electrons. The first-order chi connectivity index (χ1) is 12.3. The van der Waals surface area contributed by atoms with Gasteiger partial charge in [0.15, 0.2) is 5.76 Å². The van der Waals surface area contributed by atoms with Crippen LogP contribution in [0, 0.1) is 24.0 Å². The summed E-state index contributed by atoms with van der Waals surface area (Å²) in [5.74, 6) is -0.0235. The first-order valence-electron chi connectivity index (χ1n) is 7.68. The number of aryl methyl sites for hydroxylation is 2. The number of anilines is 1. The van der Waals surface area contributed by atoms with Crippen LogP contribution in [0.25, 0.3) is 0 Å². The van der Waals surface area contributed by atoms with Gasteiger partial charge in [0.05, 0.1) is 11.3 Å². The van der Waals surface area contributed by atoms with Crippen LogP contribution in [0.2, 0.25) is 0 Å². The molecule has 3 rings (SSSR count). The predicted molar refractivity (Wildman–Crippen MR) is 98.3 cm³/mol. The van der Waals surface area contributed by atoms with Gasteiger partial charge >= 0.3 is 5.82 Å². The van der Waals surface area contributed by atoms with Crippen molar-refractivity contribution < 1.29 is 14.1 Å². The van der Waals surface area contributed by atoms with E-state index < -0.39 is 4.92 Å². The Morgan fingerprint density at radius 2 is 2.12 bits per heavy atom. The van der Waals surface area contributed by atoms with E-state index in [-0.39, 0.29) is 28.5 Å². The van der Waals surface area contributed by atoms with Crippen molar-refractivity contribution in [3.05, 3.63) is 73.8 Å². The molecule has 0 fully saturated rings. The molecule has 1 N–H and O–H groups in total. The number of nitrogens with one attached hydrogen (secondary N) is 1. The summed E-state index contributed by atoms with van der Waals surface area (Å²) in [7, 11) is 0. The molecule has 0 aliphatic heterocycles. The van der Waals surface area contributed by atoms with Crippen molar-refractivity contribution in [3.8, 4) is 0 Å². The van der Waals surface area contributed by atoms with Crippen LogP contribution >= 0.6 is 15.9 Å². The average molecular weight is 419 g/mol. The Morgan fingerprint density at radius 3 is 2.81 bits per heavy atom. The highest BCUT2D eigenvalue weighted by Gasteiger charge is 2.20. The largest absolute Gasteiger partial charge is 0.454 e. The van der Waals surface area contributed by atoms with E-state index in [2.05, 4.69) is 26.3 Å². The number of nitro groups is 1. The lowest BCUT2D eigenvalue weighted by Gasteiger charge is -2.07. The molecule has 1 amide bonds. The van der Waals surface area contributed by atoms with Gasteiger partial charge in [-0.3, -0.25) is 4.79 Å². The van der Waals surface area contributed by atoms with Gasteiger partial charge in [-0.1, -0.05) is 12.1 Å². The Bertz CT molecular complexity index is 993. The number of hydrogen-bond acceptors (Lipinski definition) is 5. The zero-order valence-electron chi connectivity index (χ0n) is 14.0. The third-order valence-electron chi connectivity index (χ3n) is 3.72. The summed E-state index contributed by atoms with van der Waals surface area (Å²) >= 11 is 3.09. The smallest absolute Gasteiger partial charge is 0.404 e. The maximum absolute atomic E-state index is 12.4. The summed E-state index contributed by atoms with van der Waals surface area (Å²) in [6.45, 7) is 4.02. The summed E-state index contributed by atoms with van der Waals surface area (Å²) < 4.78 is 7.19. The molecule has 134 valence electrons. The van der Waals surface area contributed by atoms with E-state index in [1.807, 2.05) is 32.0 Å². The molecule has 26 heavy (non-hydrogen) atoms. The lowest BCUT2D eigenvalue weighted by atomic mass is 10.1. The van der Waals surface area contributed by atoms with Crippen LogP contribution in [0.5, 0.6) is 0 Å². The minimum Gasteiger partial charge on any atom is -0.454 e. The van der Waals surface area contributed by atoms with Crippen molar-refractivity contribution in [3.63, 3.8) is 0 Å². The number of aromatic nitrogens is 2. The molecule has 0 bridgehead atoms. The van der Waals surface area contributed by atoms with Gasteiger partial charge in [-0.15, -0.1) is 0 Å². The quantitative estimate of drug-likeness (QED) is 0.496. The Hall–Kier alpha value is -2.94. The third-order valence-corrected chi connectivity index (χ3v) is 4.28. The second-order valence-electron chi connectivity index (χ2n) is 5.79. The van der Waals surface area contributed by atoms with E-state index in [1.54, 1.807) is 12.1 Å². The molecule has 9 heteroatoms. The van der Waals surface area contributed by atoms with Crippen molar-refractivity contribution in [2.24, 2.45) is 0 Å². The van der Waals surface area contributed by atoms with Crippen LogP contribution in [0.3, 0.4) is 0 Å². The topological polar surface area (TPSA) is 103 Å². The third kappa shape index (κ3) is 3.83. The second-order valence-corrected chi connectivity index (χ2v) is 6.65. The van der Waals surface area contributed by atoms with E-state index in [0.29, 0.717) is 5.76 Å². The van der Waals surface area contributed by atoms with Gasteiger partial charge in [0, 0.05) is 5.69 Å². The minimum atomic E-state index is -0.578. The number of carbonyl (C=O) groups is 1. The second kappa shape index (κ2) is 7.12. The van der Waals surface area contributed by atoms with Gasteiger partial charge in [0.1, 0.15) is 16.8 Å². The molecule has 0 atom stereocenters. The van der Waals surface area contributed by atoms with E-state index in [1.165, 1.54) is 10.9 Å². The van der Waals surface area contributed by atoms with Crippen molar-refractivity contribution in [2.75, 3.05) is 5.32 Å². The molecule has 2 heterocycles. The van der Waals surface area contributed by atoms with Gasteiger partial charge in [-0.05, 0) is 64.0 Å². The van der Waals surface area contributed by atoms with Crippen molar-refractivity contribution in [1.29, 1.82) is 0 Å². The lowest BCUT2D eigenvalue weighted by Crippen LogP contribution is -2.12. The van der Waals surface area contributed by atoms with Crippen molar-refractivity contribution >= 4 is 33.3 Å². The highest BCUT2D eigenvalue weighted by Crippen LogP contribution is 2.23. The Morgan fingerprint density at radius 1 is 1.35 bits per heavy atom. The number of hydrogen-bond donors (Lipinski definition) is 1. The molecule has 8 nitrogen and oxygen atoms in total. The molecule has 0 saturated carbocycles. The summed E-state index contributed by atoms with van der Waals surface area (Å²) in [5.41, 5.74) is 2.71. The molecular formula is C17H15BrN4O4. The summed E-state index contributed by atoms with van der Waals surface area (Å²) in [6, 6.07) is 8.98. The molecule has 2 aromatic heterocycles. The molecule has 1 aromatic carbocycles. The molecule has 0 saturated heterocycles. The fraction of sp³-hybridized carbons (Fsp3) is 0.176. The number of rotatable bonds is 5. The van der Waals surface area contributed by atoms with E-state index in [0.717, 1.165) is 16.8 Å². The maximum Gasteiger partial charge on any atom is 0.404 e.